The van der Waals surface area contributed by atoms with Crippen LogP contribution < -0.4 is 4.90 Å². The van der Waals surface area contributed by atoms with E-state index in [0.717, 1.165) is 18.8 Å². The fraction of sp³-hybridized carbons (Fsp3) is 0.529. The summed E-state index contributed by atoms with van der Waals surface area (Å²) in [6.07, 6.45) is 0. The fourth-order valence-electron chi connectivity index (χ4n) is 2.77. The molecule has 2 aromatic rings. The molecule has 0 unspecified atom stereocenters. The van der Waals surface area contributed by atoms with E-state index in [-0.39, 0.29) is 17.3 Å². The minimum atomic E-state index is -0.239. The van der Waals surface area contributed by atoms with Gasteiger partial charge < -0.3 is 9.80 Å². The van der Waals surface area contributed by atoms with E-state index in [9.17, 15) is 9.18 Å². The van der Waals surface area contributed by atoms with E-state index in [1.165, 1.54) is 23.9 Å². The second kappa shape index (κ2) is 7.61. The molecule has 1 aliphatic heterocycles. The standard InChI is InChI=1S/C17H23FN6OS/c1-17(2,3)24-16(19-20-21-24)26-12-15(25)23-10-8-22(9-11-23)14-6-4-13(18)5-7-14/h4-7H,8-12H2,1-3H3. The summed E-state index contributed by atoms with van der Waals surface area (Å²) in [5, 5.41) is 12.4. The van der Waals surface area contributed by atoms with Crippen LogP contribution in [0.1, 0.15) is 20.8 Å². The van der Waals surface area contributed by atoms with Gasteiger partial charge in [-0.2, -0.15) is 0 Å². The highest BCUT2D eigenvalue weighted by molar-refractivity contribution is 7.99. The van der Waals surface area contributed by atoms with Crippen LogP contribution in [0, 0.1) is 5.82 Å². The first-order chi connectivity index (χ1) is 12.3. The van der Waals surface area contributed by atoms with Gasteiger partial charge in [-0.1, -0.05) is 11.8 Å². The maximum Gasteiger partial charge on any atom is 0.233 e. The third-order valence-electron chi connectivity index (χ3n) is 4.23. The molecule has 9 heteroatoms. The van der Waals surface area contributed by atoms with Gasteiger partial charge in [-0.25, -0.2) is 9.07 Å². The van der Waals surface area contributed by atoms with Crippen molar-refractivity contribution in [3.05, 3.63) is 30.1 Å². The fourth-order valence-corrected chi connectivity index (χ4v) is 3.74. The van der Waals surface area contributed by atoms with Crippen LogP contribution in [-0.4, -0.2) is 62.9 Å². The van der Waals surface area contributed by atoms with Gasteiger partial charge in [0.2, 0.25) is 11.1 Å². The van der Waals surface area contributed by atoms with E-state index < -0.39 is 0 Å². The lowest BCUT2D eigenvalue weighted by atomic mass is 10.1. The zero-order valence-electron chi connectivity index (χ0n) is 15.2. The molecule has 1 saturated heterocycles. The molecule has 26 heavy (non-hydrogen) atoms. The summed E-state index contributed by atoms with van der Waals surface area (Å²) in [4.78, 5) is 16.5. The van der Waals surface area contributed by atoms with Gasteiger partial charge in [0, 0.05) is 31.9 Å². The van der Waals surface area contributed by atoms with Gasteiger partial charge in [-0.15, -0.1) is 5.10 Å². The lowest BCUT2D eigenvalue weighted by Gasteiger charge is -2.36. The first kappa shape index (κ1) is 18.6. The number of piperazine rings is 1. The van der Waals surface area contributed by atoms with E-state index in [4.69, 9.17) is 0 Å². The van der Waals surface area contributed by atoms with Crippen molar-refractivity contribution in [1.82, 2.24) is 25.1 Å². The Morgan fingerprint density at radius 1 is 1.15 bits per heavy atom. The number of carbonyl (C=O) groups excluding carboxylic acids is 1. The van der Waals surface area contributed by atoms with E-state index in [2.05, 4.69) is 20.4 Å². The number of aromatic nitrogens is 4. The molecule has 1 aliphatic rings. The molecular weight excluding hydrogens is 355 g/mol. The predicted octanol–water partition coefficient (Wildman–Crippen LogP) is 2.01. The van der Waals surface area contributed by atoms with Gasteiger partial charge in [0.05, 0.1) is 11.3 Å². The predicted molar refractivity (Wildman–Crippen MR) is 98.7 cm³/mol. The third kappa shape index (κ3) is 4.32. The highest BCUT2D eigenvalue weighted by Crippen LogP contribution is 2.22. The molecule has 0 saturated carbocycles. The number of hydrogen-bond acceptors (Lipinski definition) is 6. The molecular formula is C17H23FN6OS. The van der Waals surface area contributed by atoms with Crippen LogP contribution in [0.2, 0.25) is 0 Å². The van der Waals surface area contributed by atoms with Crippen LogP contribution in [0.5, 0.6) is 0 Å². The van der Waals surface area contributed by atoms with Crippen LogP contribution in [0.15, 0.2) is 29.4 Å². The van der Waals surface area contributed by atoms with E-state index in [0.29, 0.717) is 24.0 Å². The number of tetrazole rings is 1. The summed E-state index contributed by atoms with van der Waals surface area (Å²) in [5.41, 5.74) is 0.757. The van der Waals surface area contributed by atoms with Crippen molar-refractivity contribution in [3.63, 3.8) is 0 Å². The number of benzene rings is 1. The number of hydrogen-bond donors (Lipinski definition) is 0. The SMILES string of the molecule is CC(C)(C)n1nnnc1SCC(=O)N1CCN(c2ccc(F)cc2)CC1. The molecule has 0 N–H and O–H groups in total. The summed E-state index contributed by atoms with van der Waals surface area (Å²) in [5.74, 6) is 0.155. The second-order valence-corrected chi connectivity index (χ2v) is 8.12. The summed E-state index contributed by atoms with van der Waals surface area (Å²) in [6, 6.07) is 6.47. The Bertz CT molecular complexity index is 749. The van der Waals surface area contributed by atoms with Crippen molar-refractivity contribution >= 4 is 23.4 Å². The number of anilines is 1. The first-order valence-electron chi connectivity index (χ1n) is 8.54. The van der Waals surface area contributed by atoms with Crippen molar-refractivity contribution in [2.75, 3.05) is 36.8 Å². The first-order valence-corrected chi connectivity index (χ1v) is 9.53. The summed E-state index contributed by atoms with van der Waals surface area (Å²) < 4.78 is 14.8. The smallest absolute Gasteiger partial charge is 0.233 e. The van der Waals surface area contributed by atoms with Crippen LogP contribution in [-0.2, 0) is 10.3 Å². The van der Waals surface area contributed by atoms with E-state index in [1.54, 1.807) is 16.8 Å². The molecule has 3 rings (SSSR count). The minimum absolute atomic E-state index is 0.0808. The zero-order chi connectivity index (χ0) is 18.7. The number of rotatable bonds is 4. The summed E-state index contributed by atoms with van der Waals surface area (Å²) in [6.45, 7) is 8.84. The normalized spacial score (nSPS) is 15.4. The van der Waals surface area contributed by atoms with E-state index >= 15 is 0 Å². The van der Waals surface area contributed by atoms with Gasteiger partial charge >= 0.3 is 0 Å². The number of carbonyl (C=O) groups is 1. The quantitative estimate of drug-likeness (QED) is 0.758. The Balaban J connectivity index is 1.51. The molecule has 1 aromatic carbocycles. The third-order valence-corrected chi connectivity index (χ3v) is 5.13. The summed E-state index contributed by atoms with van der Waals surface area (Å²) >= 11 is 1.36. The number of amides is 1. The van der Waals surface area contributed by atoms with Gasteiger partial charge in [0.25, 0.3) is 0 Å². The average Bonchev–Trinajstić information content (AvgIpc) is 3.09. The minimum Gasteiger partial charge on any atom is -0.368 e. The molecule has 140 valence electrons. The highest BCUT2D eigenvalue weighted by Gasteiger charge is 2.24. The molecule has 0 spiro atoms. The molecule has 7 nitrogen and oxygen atoms in total. The Morgan fingerprint density at radius 2 is 1.81 bits per heavy atom. The van der Waals surface area contributed by atoms with Gasteiger partial charge in [0.1, 0.15) is 5.82 Å². The Morgan fingerprint density at radius 3 is 2.42 bits per heavy atom. The largest absolute Gasteiger partial charge is 0.368 e. The Labute approximate surface area is 156 Å². The molecule has 0 radical (unpaired) electrons. The Kier molecular flexibility index (Phi) is 5.45. The van der Waals surface area contributed by atoms with Crippen LogP contribution >= 0.6 is 11.8 Å². The topological polar surface area (TPSA) is 67.2 Å². The molecule has 1 fully saturated rings. The zero-order valence-corrected chi connectivity index (χ0v) is 16.0. The van der Waals surface area contributed by atoms with Gasteiger partial charge in [-0.05, 0) is 55.5 Å². The molecule has 1 aromatic heterocycles. The van der Waals surface area contributed by atoms with Crippen molar-refractivity contribution in [2.45, 2.75) is 31.5 Å². The number of halogens is 1. The highest BCUT2D eigenvalue weighted by atomic mass is 32.2. The van der Waals surface area contributed by atoms with Crippen molar-refractivity contribution < 1.29 is 9.18 Å². The molecule has 1 amide bonds. The van der Waals surface area contributed by atoms with Gasteiger partial charge in [-0.3, -0.25) is 4.79 Å². The maximum absolute atomic E-state index is 13.0. The van der Waals surface area contributed by atoms with E-state index in [1.807, 2.05) is 25.7 Å². The molecule has 0 aliphatic carbocycles. The maximum atomic E-state index is 13.0. The second-order valence-electron chi connectivity index (χ2n) is 7.18. The van der Waals surface area contributed by atoms with Gasteiger partial charge in [0.15, 0.2) is 0 Å². The lowest BCUT2D eigenvalue weighted by Crippen LogP contribution is -2.49. The number of thioether (sulfide) groups is 1. The van der Waals surface area contributed by atoms with Crippen molar-refractivity contribution in [1.29, 1.82) is 0 Å². The van der Waals surface area contributed by atoms with Crippen LogP contribution in [0.3, 0.4) is 0 Å². The lowest BCUT2D eigenvalue weighted by molar-refractivity contribution is -0.128. The number of nitrogens with zero attached hydrogens (tertiary/aromatic N) is 6. The van der Waals surface area contributed by atoms with Crippen molar-refractivity contribution in [3.8, 4) is 0 Å². The summed E-state index contributed by atoms with van der Waals surface area (Å²) in [7, 11) is 0. The monoisotopic (exact) mass is 378 g/mol. The van der Waals surface area contributed by atoms with Crippen LogP contribution in [0.25, 0.3) is 0 Å². The molecule has 0 atom stereocenters. The van der Waals surface area contributed by atoms with Crippen LogP contribution in [0.4, 0.5) is 10.1 Å². The average molecular weight is 378 g/mol. The van der Waals surface area contributed by atoms with Crippen molar-refractivity contribution in [2.24, 2.45) is 0 Å². The Hall–Kier alpha value is -2.16. The molecule has 0 bridgehead atoms. The molecule has 2 heterocycles.